The van der Waals surface area contributed by atoms with Crippen molar-refractivity contribution in [2.24, 2.45) is 0 Å². The Bertz CT molecular complexity index is 241. The van der Waals surface area contributed by atoms with Gasteiger partial charge in [0.15, 0.2) is 0 Å². The fraction of sp³-hybridized carbons (Fsp3) is 0.273. The lowest BCUT2D eigenvalue weighted by atomic mass is 10.4. The number of carbonyl (C=O) groups excluding carboxylic acids is 1. The first-order valence-electron chi connectivity index (χ1n) is 4.21. The van der Waals surface area contributed by atoms with E-state index >= 15 is 0 Å². The minimum absolute atomic E-state index is 0.176. The molecule has 0 rings (SSSR count). The summed E-state index contributed by atoms with van der Waals surface area (Å²) >= 11 is 0. The Morgan fingerprint density at radius 2 is 1.80 bits per heavy atom. The van der Waals surface area contributed by atoms with E-state index < -0.39 is 5.97 Å². The predicted molar refractivity (Wildman–Crippen MR) is 58.4 cm³/mol. The summed E-state index contributed by atoms with van der Waals surface area (Å²) < 4.78 is 4.60. The van der Waals surface area contributed by atoms with E-state index in [4.69, 9.17) is 5.11 Å². The van der Waals surface area contributed by atoms with Crippen molar-refractivity contribution < 1.29 is 19.4 Å². The highest BCUT2D eigenvalue weighted by molar-refractivity contribution is 5.84. The van der Waals surface area contributed by atoms with Gasteiger partial charge < -0.3 is 9.84 Å². The van der Waals surface area contributed by atoms with Crippen LogP contribution in [0.5, 0.6) is 0 Å². The van der Waals surface area contributed by atoms with Crippen LogP contribution in [0.4, 0.5) is 0 Å². The number of carboxylic acid groups (broad SMARTS) is 1. The molecule has 0 saturated heterocycles. The summed E-state index contributed by atoms with van der Waals surface area (Å²) in [6.07, 6.45) is 3.31. The van der Waals surface area contributed by atoms with Gasteiger partial charge in [0.1, 0.15) is 6.61 Å². The molecule has 4 heteroatoms. The first-order valence-corrected chi connectivity index (χ1v) is 4.21. The van der Waals surface area contributed by atoms with Crippen LogP contribution in [0.15, 0.2) is 37.5 Å². The van der Waals surface area contributed by atoms with Crippen LogP contribution >= 0.6 is 0 Å². The fourth-order valence-corrected chi connectivity index (χ4v) is 0.329. The van der Waals surface area contributed by atoms with Gasteiger partial charge in [-0.15, -0.1) is 6.58 Å². The van der Waals surface area contributed by atoms with Gasteiger partial charge in [-0.05, 0) is 6.92 Å². The first kappa shape index (κ1) is 15.6. The molecule has 84 valence electrons. The second-order valence-electron chi connectivity index (χ2n) is 2.55. The van der Waals surface area contributed by atoms with Gasteiger partial charge >= 0.3 is 11.9 Å². The molecule has 1 N–H and O–H groups in total. The monoisotopic (exact) mass is 212 g/mol. The number of esters is 1. The number of rotatable bonds is 5. The second kappa shape index (κ2) is 10.2. The molecule has 4 nitrogen and oxygen atoms in total. The topological polar surface area (TPSA) is 63.6 Å². The van der Waals surface area contributed by atoms with Gasteiger partial charge in [-0.3, -0.25) is 4.79 Å². The molecule has 15 heavy (non-hydrogen) atoms. The largest absolute Gasteiger partial charge is 0.478 e. The van der Waals surface area contributed by atoms with Gasteiger partial charge in [-0.1, -0.05) is 25.3 Å². The lowest BCUT2D eigenvalue weighted by Crippen LogP contribution is -2.01. The molecule has 0 fully saturated rings. The third-order valence-corrected chi connectivity index (χ3v) is 1.04. The van der Waals surface area contributed by atoms with Crippen LogP contribution in [0.1, 0.15) is 13.3 Å². The van der Waals surface area contributed by atoms with Gasteiger partial charge in [0, 0.05) is 5.57 Å². The number of aliphatic carboxylic acids is 1. The zero-order valence-corrected chi connectivity index (χ0v) is 8.86. The summed E-state index contributed by atoms with van der Waals surface area (Å²) in [4.78, 5) is 20.1. The van der Waals surface area contributed by atoms with Crippen LogP contribution in [0.2, 0.25) is 0 Å². The maximum absolute atomic E-state index is 10.5. The fourth-order valence-electron chi connectivity index (χ4n) is 0.329. The van der Waals surface area contributed by atoms with Crippen LogP contribution in [0, 0.1) is 0 Å². The molecular formula is C11H16O4. The minimum Gasteiger partial charge on any atom is -0.478 e. The van der Waals surface area contributed by atoms with Crippen molar-refractivity contribution in [2.75, 3.05) is 6.61 Å². The highest BCUT2D eigenvalue weighted by atomic mass is 16.5. The molecule has 0 spiro atoms. The molecule has 0 heterocycles. The van der Waals surface area contributed by atoms with Crippen LogP contribution < -0.4 is 0 Å². The highest BCUT2D eigenvalue weighted by Crippen LogP contribution is 1.85. The van der Waals surface area contributed by atoms with Gasteiger partial charge in [-0.25, -0.2) is 4.79 Å². The molecule has 0 aromatic rings. The van der Waals surface area contributed by atoms with Crippen molar-refractivity contribution >= 4 is 11.9 Å². The third-order valence-electron chi connectivity index (χ3n) is 1.04. The lowest BCUT2D eigenvalue weighted by molar-refractivity contribution is -0.141. The number of carboxylic acids is 1. The maximum Gasteiger partial charge on any atom is 0.330 e. The molecule has 0 aromatic heterocycles. The highest BCUT2D eigenvalue weighted by Gasteiger charge is 1.94. The zero-order valence-electron chi connectivity index (χ0n) is 8.86. The van der Waals surface area contributed by atoms with Crippen molar-refractivity contribution in [1.82, 2.24) is 0 Å². The summed E-state index contributed by atoms with van der Waals surface area (Å²) in [5.74, 6) is -1.19. The summed E-state index contributed by atoms with van der Waals surface area (Å²) in [7, 11) is 0. The van der Waals surface area contributed by atoms with E-state index in [0.29, 0.717) is 0 Å². The molecule has 0 aliphatic carbocycles. The Hall–Kier alpha value is -1.84. The van der Waals surface area contributed by atoms with Crippen molar-refractivity contribution in [3.05, 3.63) is 37.5 Å². The van der Waals surface area contributed by atoms with Crippen molar-refractivity contribution in [1.29, 1.82) is 0 Å². The van der Waals surface area contributed by atoms with E-state index in [1.165, 1.54) is 19.1 Å². The van der Waals surface area contributed by atoms with Crippen LogP contribution in [0.25, 0.3) is 0 Å². The number of ether oxygens (including phenoxy) is 1. The molecule has 0 aromatic carbocycles. The SMILES string of the molecule is C=C(C)C(=O)O.C=CCOC(=O)CC=C. The molecule has 0 atom stereocenters. The molecule has 0 aliphatic heterocycles. The Balaban J connectivity index is 0. The van der Waals surface area contributed by atoms with Crippen LogP contribution in [0.3, 0.4) is 0 Å². The molecule has 0 amide bonds. The number of hydrogen-bond donors (Lipinski definition) is 1. The normalized spacial score (nSPS) is 7.80. The van der Waals surface area contributed by atoms with E-state index in [1.807, 2.05) is 0 Å². The Morgan fingerprint density at radius 3 is 2.07 bits per heavy atom. The van der Waals surface area contributed by atoms with E-state index in [1.54, 1.807) is 0 Å². The lowest BCUT2D eigenvalue weighted by Gasteiger charge is -1.95. The van der Waals surface area contributed by atoms with E-state index in [2.05, 4.69) is 24.5 Å². The minimum atomic E-state index is -0.935. The summed E-state index contributed by atoms with van der Waals surface area (Å²) in [6.45, 7) is 11.7. The zero-order chi connectivity index (χ0) is 12.3. The number of hydrogen-bond acceptors (Lipinski definition) is 3. The second-order valence-corrected chi connectivity index (χ2v) is 2.55. The number of carbonyl (C=O) groups is 2. The third kappa shape index (κ3) is 15.0. The molecular weight excluding hydrogens is 196 g/mol. The Morgan fingerprint density at radius 1 is 1.33 bits per heavy atom. The first-order chi connectivity index (χ1) is 6.95. The van der Waals surface area contributed by atoms with E-state index in [9.17, 15) is 9.59 Å². The van der Waals surface area contributed by atoms with Crippen molar-refractivity contribution in [2.45, 2.75) is 13.3 Å². The molecule has 0 saturated carbocycles. The van der Waals surface area contributed by atoms with Gasteiger partial charge in [-0.2, -0.15) is 0 Å². The summed E-state index contributed by atoms with van der Waals surface area (Å²) in [6, 6.07) is 0. The van der Waals surface area contributed by atoms with Gasteiger partial charge in [0.25, 0.3) is 0 Å². The summed E-state index contributed by atoms with van der Waals surface area (Å²) in [5, 5.41) is 7.89. The molecule has 0 aliphatic rings. The van der Waals surface area contributed by atoms with Gasteiger partial charge in [0.05, 0.1) is 6.42 Å². The van der Waals surface area contributed by atoms with Crippen LogP contribution in [-0.4, -0.2) is 23.7 Å². The van der Waals surface area contributed by atoms with E-state index in [-0.39, 0.29) is 24.6 Å². The standard InChI is InChI=1S/C7H10O2.C4H6O2/c1-3-5-7(8)9-6-4-2;1-3(2)4(5)6/h3-4H,1-2,5-6H2;1H2,2H3,(H,5,6). The molecule has 0 unspecified atom stereocenters. The predicted octanol–water partition coefficient (Wildman–Crippen LogP) is 1.94. The van der Waals surface area contributed by atoms with Crippen molar-refractivity contribution in [3.63, 3.8) is 0 Å². The van der Waals surface area contributed by atoms with E-state index in [0.717, 1.165) is 0 Å². The average Bonchev–Trinajstić information content (AvgIpc) is 2.16. The quantitative estimate of drug-likeness (QED) is 0.429. The van der Waals surface area contributed by atoms with Gasteiger partial charge in [0.2, 0.25) is 0 Å². The van der Waals surface area contributed by atoms with Crippen LogP contribution in [-0.2, 0) is 14.3 Å². The Kier molecular flexibility index (Phi) is 10.7. The van der Waals surface area contributed by atoms with Crippen molar-refractivity contribution in [3.8, 4) is 0 Å². The summed E-state index contributed by atoms with van der Waals surface area (Å²) in [5.41, 5.74) is 0.176. The molecule has 0 radical (unpaired) electrons. The molecule has 0 bridgehead atoms. The smallest absolute Gasteiger partial charge is 0.330 e. The average molecular weight is 212 g/mol. The maximum atomic E-state index is 10.5. The Labute approximate surface area is 89.6 Å².